The van der Waals surface area contributed by atoms with Crippen LogP contribution in [0, 0.1) is 0 Å². The average molecular weight is 486 g/mol. The Balaban J connectivity index is 5.79. The number of nitrogens with zero attached hydrogens (tertiary/aromatic N) is 1. The molecule has 0 aromatic carbocycles. The summed E-state index contributed by atoms with van der Waals surface area (Å²) in [6.07, 6.45) is 13.3. The first-order chi connectivity index (χ1) is 16.2. The van der Waals surface area contributed by atoms with Crippen molar-refractivity contribution in [2.45, 2.75) is 149 Å². The van der Waals surface area contributed by atoms with Crippen LogP contribution < -0.4 is 5.11 Å². The molecule has 0 spiro atoms. The quantitative estimate of drug-likeness (QED) is 0.153. The summed E-state index contributed by atoms with van der Waals surface area (Å²) in [5.41, 5.74) is 0. The summed E-state index contributed by atoms with van der Waals surface area (Å²) in [6, 6.07) is -3.31. The van der Waals surface area contributed by atoms with E-state index in [-0.39, 0.29) is 25.8 Å². The predicted molar refractivity (Wildman–Crippen MR) is 133 cm³/mol. The van der Waals surface area contributed by atoms with Crippen LogP contribution in [0.1, 0.15) is 130 Å². The summed E-state index contributed by atoms with van der Waals surface area (Å²) in [4.78, 5) is 37.3. The number of aliphatic carboxylic acids is 3. The van der Waals surface area contributed by atoms with Crippen LogP contribution >= 0.6 is 0 Å². The maximum Gasteiger partial charge on any atom is 0.362 e. The summed E-state index contributed by atoms with van der Waals surface area (Å²) in [5, 5.41) is 32.7. The van der Waals surface area contributed by atoms with Gasteiger partial charge in [0.25, 0.3) is 0 Å². The van der Waals surface area contributed by atoms with Crippen molar-refractivity contribution in [1.82, 2.24) is 0 Å². The van der Waals surface area contributed by atoms with Crippen LogP contribution in [0.25, 0.3) is 0 Å². The molecule has 3 unspecified atom stereocenters. The molecule has 0 fully saturated rings. The minimum Gasteiger partial charge on any atom is -0.544 e. The molecule has 7 heteroatoms. The Morgan fingerprint density at radius 3 is 1.26 bits per heavy atom. The van der Waals surface area contributed by atoms with Crippen molar-refractivity contribution in [3.05, 3.63) is 0 Å². The molecule has 2 N–H and O–H groups in total. The molecule has 0 aromatic heterocycles. The van der Waals surface area contributed by atoms with E-state index < -0.39 is 40.5 Å². The van der Waals surface area contributed by atoms with Crippen molar-refractivity contribution in [2.24, 2.45) is 0 Å². The van der Waals surface area contributed by atoms with Crippen molar-refractivity contribution in [3.8, 4) is 0 Å². The second-order valence-electron chi connectivity index (χ2n) is 9.81. The average Bonchev–Trinajstić information content (AvgIpc) is 2.78. The summed E-state index contributed by atoms with van der Waals surface area (Å²) >= 11 is 0. The molecule has 34 heavy (non-hydrogen) atoms. The molecule has 0 aliphatic heterocycles. The third-order valence-corrected chi connectivity index (χ3v) is 7.17. The maximum atomic E-state index is 12.5. The largest absolute Gasteiger partial charge is 0.544 e. The van der Waals surface area contributed by atoms with E-state index in [2.05, 4.69) is 6.92 Å². The Kier molecular flexibility index (Phi) is 17.8. The Morgan fingerprint density at radius 1 is 0.588 bits per heavy atom. The van der Waals surface area contributed by atoms with E-state index in [4.69, 9.17) is 0 Å². The maximum absolute atomic E-state index is 12.5. The van der Waals surface area contributed by atoms with Gasteiger partial charge in [-0.05, 0) is 25.7 Å². The van der Waals surface area contributed by atoms with Crippen LogP contribution in [0.4, 0.5) is 0 Å². The lowest BCUT2D eigenvalue weighted by Gasteiger charge is -2.52. The number of hydrogen-bond acceptors (Lipinski definition) is 4. The number of carbonyl (C=O) groups is 3. The van der Waals surface area contributed by atoms with Gasteiger partial charge in [0, 0.05) is 19.3 Å². The van der Waals surface area contributed by atoms with Crippen molar-refractivity contribution >= 4 is 17.9 Å². The highest BCUT2D eigenvalue weighted by Gasteiger charge is 2.54. The molecule has 0 aliphatic carbocycles. The van der Waals surface area contributed by atoms with Gasteiger partial charge >= 0.3 is 11.9 Å². The van der Waals surface area contributed by atoms with E-state index in [1.807, 2.05) is 20.8 Å². The van der Waals surface area contributed by atoms with Gasteiger partial charge in [0.15, 0.2) is 12.1 Å². The Bertz CT molecular complexity index is 520. The summed E-state index contributed by atoms with van der Waals surface area (Å²) < 4.78 is -0.431. The van der Waals surface area contributed by atoms with Crippen LogP contribution in [0.5, 0.6) is 0 Å². The molecule has 0 radical (unpaired) electrons. The van der Waals surface area contributed by atoms with Crippen LogP contribution in [-0.2, 0) is 14.4 Å². The fourth-order valence-electron chi connectivity index (χ4n) is 5.51. The number of quaternary nitrogens is 1. The molecule has 0 saturated carbocycles. The van der Waals surface area contributed by atoms with Gasteiger partial charge in [-0.2, -0.15) is 0 Å². The molecule has 0 saturated heterocycles. The first-order valence-corrected chi connectivity index (χ1v) is 13.8. The minimum absolute atomic E-state index is 0.209. The Hall–Kier alpha value is -1.63. The van der Waals surface area contributed by atoms with Gasteiger partial charge in [-0.3, -0.25) is 4.48 Å². The summed E-state index contributed by atoms with van der Waals surface area (Å²) in [5.74, 6) is -3.56. The van der Waals surface area contributed by atoms with E-state index in [1.165, 1.54) is 38.5 Å². The summed E-state index contributed by atoms with van der Waals surface area (Å²) in [7, 11) is 0. The van der Waals surface area contributed by atoms with Crippen molar-refractivity contribution < 1.29 is 34.2 Å². The lowest BCUT2D eigenvalue weighted by atomic mass is 9.91. The molecule has 0 heterocycles. The van der Waals surface area contributed by atoms with Crippen molar-refractivity contribution in [3.63, 3.8) is 0 Å². The minimum atomic E-state index is -1.33. The van der Waals surface area contributed by atoms with Gasteiger partial charge in [-0.15, -0.1) is 0 Å². The van der Waals surface area contributed by atoms with Crippen LogP contribution in [0.2, 0.25) is 0 Å². The van der Waals surface area contributed by atoms with E-state index in [1.54, 1.807) is 0 Å². The van der Waals surface area contributed by atoms with Gasteiger partial charge in [0.1, 0.15) is 6.04 Å². The van der Waals surface area contributed by atoms with E-state index >= 15 is 0 Å². The highest BCUT2D eigenvalue weighted by Crippen LogP contribution is 2.34. The number of carboxylic acid groups (broad SMARTS) is 3. The van der Waals surface area contributed by atoms with E-state index in [0.717, 1.165) is 19.3 Å². The Morgan fingerprint density at radius 2 is 0.941 bits per heavy atom. The van der Waals surface area contributed by atoms with Gasteiger partial charge in [-0.25, -0.2) is 9.59 Å². The first kappa shape index (κ1) is 32.4. The third-order valence-electron chi connectivity index (χ3n) is 7.17. The summed E-state index contributed by atoms with van der Waals surface area (Å²) in [6.45, 7) is 8.00. The monoisotopic (exact) mass is 485 g/mol. The van der Waals surface area contributed by atoms with Crippen molar-refractivity contribution in [2.75, 3.05) is 6.54 Å². The molecule has 0 bridgehead atoms. The van der Waals surface area contributed by atoms with Gasteiger partial charge in [0.05, 0.1) is 12.5 Å². The topological polar surface area (TPSA) is 115 Å². The lowest BCUT2D eigenvalue weighted by molar-refractivity contribution is -0.975. The van der Waals surface area contributed by atoms with E-state index in [9.17, 15) is 29.7 Å². The standard InChI is InChI=1S/C27H51NO6/c1-5-9-10-11-12-13-14-15-16-17-21-28(22(18-6-2)25(29)30,23(19-7-3)26(31)32)24(20-8-4)27(33)34/h22-24H,5-21H2,1-4H3,(H2-,29,30,31,32,33,34). The SMILES string of the molecule is CCCCCCCCCCCC[N+](C(CCC)C(=O)[O-])(C(CCC)C(=O)O)C(CCC)C(=O)O. The fraction of sp³-hybridized carbons (Fsp3) is 0.889. The number of carboxylic acids is 3. The fourth-order valence-corrected chi connectivity index (χ4v) is 5.51. The molecular formula is C27H51NO6. The first-order valence-electron chi connectivity index (χ1n) is 13.8. The van der Waals surface area contributed by atoms with Crippen molar-refractivity contribution in [1.29, 1.82) is 0 Å². The molecule has 3 atom stereocenters. The second-order valence-corrected chi connectivity index (χ2v) is 9.81. The normalized spacial score (nSPS) is 15.9. The zero-order valence-electron chi connectivity index (χ0n) is 22.2. The highest BCUT2D eigenvalue weighted by molar-refractivity contribution is 5.77. The smallest absolute Gasteiger partial charge is 0.362 e. The van der Waals surface area contributed by atoms with Gasteiger partial charge in [0.2, 0.25) is 0 Å². The number of unbranched alkanes of at least 4 members (excludes halogenated alkanes) is 9. The van der Waals surface area contributed by atoms with Crippen LogP contribution in [-0.4, -0.2) is 57.3 Å². The van der Waals surface area contributed by atoms with Gasteiger partial charge < -0.3 is 20.1 Å². The van der Waals surface area contributed by atoms with E-state index in [0.29, 0.717) is 25.7 Å². The molecular weight excluding hydrogens is 434 g/mol. The molecule has 0 rings (SSSR count). The molecule has 0 amide bonds. The van der Waals surface area contributed by atoms with Gasteiger partial charge in [-0.1, -0.05) is 85.5 Å². The molecule has 7 nitrogen and oxygen atoms in total. The molecule has 200 valence electrons. The lowest BCUT2D eigenvalue weighted by Crippen LogP contribution is -2.74. The highest BCUT2D eigenvalue weighted by atomic mass is 16.4. The van der Waals surface area contributed by atoms with Crippen LogP contribution in [0.15, 0.2) is 0 Å². The zero-order chi connectivity index (χ0) is 26.0. The zero-order valence-corrected chi connectivity index (χ0v) is 22.2. The number of carbonyl (C=O) groups excluding carboxylic acids is 1. The Labute approximate surface area is 207 Å². The van der Waals surface area contributed by atoms with Crippen LogP contribution in [0.3, 0.4) is 0 Å². The number of hydrogen-bond donors (Lipinski definition) is 2. The predicted octanol–water partition coefficient (Wildman–Crippen LogP) is 5.15. The third kappa shape index (κ3) is 10.3. The second kappa shape index (κ2) is 18.7. The molecule has 0 aromatic rings. The number of rotatable bonds is 23. The molecule has 0 aliphatic rings.